The molecule has 1 aliphatic heterocycles. The number of Topliss-reactive ketones (excluding diaryl/α,β-unsaturated/α-hetero) is 1. The van der Waals surface area contributed by atoms with Crippen LogP contribution in [0, 0.1) is 0 Å². The summed E-state index contributed by atoms with van der Waals surface area (Å²) in [6.07, 6.45) is 0. The second kappa shape index (κ2) is 8.76. The van der Waals surface area contributed by atoms with Crippen molar-refractivity contribution in [2.24, 2.45) is 0 Å². The van der Waals surface area contributed by atoms with E-state index < -0.39 is 17.7 Å². The average molecular weight is 452 g/mol. The van der Waals surface area contributed by atoms with Crippen LogP contribution < -0.4 is 9.47 Å². The molecule has 7 nitrogen and oxygen atoms in total. The van der Waals surface area contributed by atoms with E-state index in [9.17, 15) is 19.8 Å². The largest absolute Gasteiger partial charge is 0.507 e. The summed E-state index contributed by atoms with van der Waals surface area (Å²) in [5.74, 6) is -1.02. The third-order valence-corrected chi connectivity index (χ3v) is 6.19. The molecule has 1 saturated heterocycles. The van der Waals surface area contributed by atoms with Gasteiger partial charge in [0.25, 0.3) is 11.7 Å². The first-order valence-electron chi connectivity index (χ1n) is 9.76. The summed E-state index contributed by atoms with van der Waals surface area (Å²) in [5.41, 5.74) is 0.894. The number of amides is 1. The topological polar surface area (TPSA) is 96.3 Å². The summed E-state index contributed by atoms with van der Waals surface area (Å²) in [7, 11) is 2.95. The quantitative estimate of drug-likeness (QED) is 0.333. The minimum atomic E-state index is -0.853. The van der Waals surface area contributed by atoms with Gasteiger partial charge in [-0.1, -0.05) is 12.1 Å². The van der Waals surface area contributed by atoms with Crippen molar-refractivity contribution in [3.8, 4) is 17.2 Å². The van der Waals surface area contributed by atoms with Gasteiger partial charge in [0, 0.05) is 10.4 Å². The average Bonchev–Trinajstić information content (AvgIpc) is 3.41. The molecule has 2 heterocycles. The molecule has 0 spiro atoms. The number of phenols is 1. The highest BCUT2D eigenvalue weighted by Crippen LogP contribution is 2.42. The summed E-state index contributed by atoms with van der Waals surface area (Å²) < 4.78 is 10.4. The van der Waals surface area contributed by atoms with E-state index in [0.717, 1.165) is 4.88 Å². The van der Waals surface area contributed by atoms with E-state index in [1.54, 1.807) is 36.4 Å². The molecule has 1 atom stereocenters. The van der Waals surface area contributed by atoms with Gasteiger partial charge in [0.1, 0.15) is 11.5 Å². The van der Waals surface area contributed by atoms with Gasteiger partial charge in [0.2, 0.25) is 0 Å². The normalized spacial score (nSPS) is 17.6. The monoisotopic (exact) mass is 451 g/mol. The number of hydrogen-bond donors (Lipinski definition) is 2. The highest BCUT2D eigenvalue weighted by atomic mass is 32.1. The van der Waals surface area contributed by atoms with E-state index in [0.29, 0.717) is 16.9 Å². The molecule has 2 aromatic carbocycles. The fourth-order valence-electron chi connectivity index (χ4n) is 3.73. The maximum atomic E-state index is 13.1. The van der Waals surface area contributed by atoms with Gasteiger partial charge < -0.3 is 24.6 Å². The Morgan fingerprint density at radius 2 is 1.81 bits per heavy atom. The zero-order chi connectivity index (χ0) is 22.8. The molecule has 2 N–H and O–H groups in total. The van der Waals surface area contributed by atoms with Crippen molar-refractivity contribution in [3.63, 3.8) is 0 Å². The number of aliphatic hydroxyl groups is 1. The van der Waals surface area contributed by atoms with Crippen LogP contribution in [0.1, 0.15) is 22.0 Å². The van der Waals surface area contributed by atoms with Crippen molar-refractivity contribution in [1.82, 2.24) is 4.90 Å². The van der Waals surface area contributed by atoms with Crippen molar-refractivity contribution in [2.75, 3.05) is 14.2 Å². The number of benzene rings is 2. The zero-order valence-electron chi connectivity index (χ0n) is 17.4. The van der Waals surface area contributed by atoms with Gasteiger partial charge >= 0.3 is 0 Å². The van der Waals surface area contributed by atoms with E-state index in [1.165, 1.54) is 36.5 Å². The van der Waals surface area contributed by atoms with Crippen LogP contribution in [0.15, 0.2) is 65.6 Å². The maximum Gasteiger partial charge on any atom is 0.295 e. The summed E-state index contributed by atoms with van der Waals surface area (Å²) in [6.45, 7) is 0.204. The number of methoxy groups -OCH3 is 2. The molecule has 4 rings (SSSR count). The van der Waals surface area contributed by atoms with Gasteiger partial charge in [0.15, 0.2) is 11.5 Å². The van der Waals surface area contributed by atoms with Crippen LogP contribution in [0.5, 0.6) is 17.2 Å². The van der Waals surface area contributed by atoms with Gasteiger partial charge in [-0.15, -0.1) is 11.3 Å². The Kier molecular flexibility index (Phi) is 5.87. The lowest BCUT2D eigenvalue weighted by atomic mass is 9.95. The van der Waals surface area contributed by atoms with Crippen LogP contribution in [-0.4, -0.2) is 41.0 Å². The first kappa shape index (κ1) is 21.5. The van der Waals surface area contributed by atoms with Crippen molar-refractivity contribution in [3.05, 3.63) is 81.6 Å². The first-order chi connectivity index (χ1) is 15.4. The number of likely N-dealkylation sites (tertiary alicyclic amines) is 1. The van der Waals surface area contributed by atoms with E-state index >= 15 is 0 Å². The van der Waals surface area contributed by atoms with Gasteiger partial charge in [-0.3, -0.25) is 9.59 Å². The Hall–Kier alpha value is -3.78. The molecule has 0 saturated carbocycles. The molecule has 164 valence electrons. The number of aromatic hydroxyl groups is 1. The minimum absolute atomic E-state index is 0.0236. The number of ketones is 1. The lowest BCUT2D eigenvalue weighted by Crippen LogP contribution is -2.28. The SMILES string of the molecule is COc1ccc(/C(O)=C2\C(=O)C(=O)N(Cc3cccs3)C2c2ccc(O)c(OC)c2)cc1. The van der Waals surface area contributed by atoms with Crippen molar-refractivity contribution >= 4 is 28.8 Å². The number of rotatable bonds is 6. The molecule has 3 aromatic rings. The molecule has 1 amide bonds. The number of phenolic OH excluding ortho intramolecular Hbond substituents is 1. The van der Waals surface area contributed by atoms with Crippen LogP contribution in [0.25, 0.3) is 5.76 Å². The number of aliphatic hydroxyl groups excluding tert-OH is 1. The van der Waals surface area contributed by atoms with Crippen LogP contribution in [-0.2, 0) is 16.1 Å². The fraction of sp³-hybridized carbons (Fsp3) is 0.167. The summed E-state index contributed by atoms with van der Waals surface area (Å²) >= 11 is 1.47. The highest BCUT2D eigenvalue weighted by molar-refractivity contribution is 7.09. The predicted molar refractivity (Wildman–Crippen MR) is 120 cm³/mol. The Morgan fingerprint density at radius 1 is 1.06 bits per heavy atom. The smallest absolute Gasteiger partial charge is 0.295 e. The van der Waals surface area contributed by atoms with Gasteiger partial charge in [-0.05, 0) is 53.4 Å². The molecule has 0 radical (unpaired) electrons. The zero-order valence-corrected chi connectivity index (χ0v) is 18.3. The third-order valence-electron chi connectivity index (χ3n) is 5.33. The van der Waals surface area contributed by atoms with E-state index in [4.69, 9.17) is 9.47 Å². The molecular formula is C24H21NO6S. The molecule has 8 heteroatoms. The highest BCUT2D eigenvalue weighted by Gasteiger charge is 2.46. The van der Waals surface area contributed by atoms with Gasteiger partial charge in [-0.25, -0.2) is 0 Å². The lowest BCUT2D eigenvalue weighted by Gasteiger charge is -2.25. The minimum Gasteiger partial charge on any atom is -0.507 e. The molecule has 1 fully saturated rings. The molecule has 1 aliphatic rings. The van der Waals surface area contributed by atoms with E-state index in [2.05, 4.69) is 0 Å². The first-order valence-corrected chi connectivity index (χ1v) is 10.6. The summed E-state index contributed by atoms with van der Waals surface area (Å²) in [6, 6.07) is 14.1. The number of nitrogens with zero attached hydrogens (tertiary/aromatic N) is 1. The predicted octanol–water partition coefficient (Wildman–Crippen LogP) is 4.09. The Labute approximate surface area is 188 Å². The lowest BCUT2D eigenvalue weighted by molar-refractivity contribution is -0.140. The van der Waals surface area contributed by atoms with Gasteiger partial charge in [-0.2, -0.15) is 0 Å². The third kappa shape index (κ3) is 3.80. The molecule has 0 bridgehead atoms. The summed E-state index contributed by atoms with van der Waals surface area (Å²) in [4.78, 5) is 28.4. The number of carbonyl (C=O) groups excluding carboxylic acids is 2. The Bertz CT molecular complexity index is 1180. The fourth-order valence-corrected chi connectivity index (χ4v) is 4.43. The maximum absolute atomic E-state index is 13.1. The number of carbonyl (C=O) groups is 2. The second-order valence-corrected chi connectivity index (χ2v) is 8.20. The van der Waals surface area contributed by atoms with Crippen LogP contribution in [0.4, 0.5) is 0 Å². The van der Waals surface area contributed by atoms with E-state index in [1.807, 2.05) is 17.5 Å². The Morgan fingerprint density at radius 3 is 2.44 bits per heavy atom. The molecule has 32 heavy (non-hydrogen) atoms. The summed E-state index contributed by atoms with van der Waals surface area (Å²) in [5, 5.41) is 23.0. The van der Waals surface area contributed by atoms with Crippen LogP contribution >= 0.6 is 11.3 Å². The van der Waals surface area contributed by atoms with Crippen molar-refractivity contribution < 1.29 is 29.3 Å². The molecular weight excluding hydrogens is 430 g/mol. The van der Waals surface area contributed by atoms with E-state index in [-0.39, 0.29) is 29.4 Å². The number of thiophene rings is 1. The standard InChI is InChI=1S/C24H21NO6S/c1-30-16-8-5-14(6-9-16)22(27)20-21(15-7-10-18(26)19(12-15)31-2)25(24(29)23(20)28)13-17-4-3-11-32-17/h3-12,21,26-27H,13H2,1-2H3/b22-20+. The molecule has 1 unspecified atom stereocenters. The Balaban J connectivity index is 1.87. The van der Waals surface area contributed by atoms with Crippen molar-refractivity contribution in [2.45, 2.75) is 12.6 Å². The van der Waals surface area contributed by atoms with Crippen LogP contribution in [0.3, 0.4) is 0 Å². The van der Waals surface area contributed by atoms with Crippen LogP contribution in [0.2, 0.25) is 0 Å². The number of ether oxygens (including phenoxy) is 2. The van der Waals surface area contributed by atoms with Crippen molar-refractivity contribution in [1.29, 1.82) is 0 Å². The molecule has 1 aromatic heterocycles. The molecule has 0 aliphatic carbocycles. The van der Waals surface area contributed by atoms with Gasteiger partial charge in [0.05, 0.1) is 32.4 Å². The number of hydrogen-bond acceptors (Lipinski definition) is 7. The second-order valence-electron chi connectivity index (χ2n) is 7.17.